The molecule has 0 atom stereocenters. The van der Waals surface area contributed by atoms with Crippen LogP contribution in [0.3, 0.4) is 0 Å². The topological polar surface area (TPSA) is 50.1 Å². The summed E-state index contributed by atoms with van der Waals surface area (Å²) in [5.74, 6) is 0.271. The van der Waals surface area contributed by atoms with Crippen molar-refractivity contribution in [3.63, 3.8) is 0 Å². The van der Waals surface area contributed by atoms with Gasteiger partial charge in [-0.05, 0) is 33.6 Å². The van der Waals surface area contributed by atoms with Gasteiger partial charge in [0.2, 0.25) is 0 Å². The van der Waals surface area contributed by atoms with Crippen LogP contribution in [0.5, 0.6) is 5.75 Å². The Morgan fingerprint density at radius 3 is 3.00 bits per heavy atom. The van der Waals surface area contributed by atoms with E-state index in [9.17, 15) is 5.11 Å². The Labute approximate surface area is 108 Å². The fourth-order valence-corrected chi connectivity index (χ4v) is 1.95. The highest BCUT2D eigenvalue weighted by Gasteiger charge is 1.99. The molecular formula is C12H14BrN3O. The van der Waals surface area contributed by atoms with Crippen molar-refractivity contribution in [3.8, 4) is 5.75 Å². The number of aromatic hydroxyl groups is 1. The molecule has 90 valence electrons. The monoisotopic (exact) mass is 295 g/mol. The van der Waals surface area contributed by atoms with Crippen LogP contribution in [-0.4, -0.2) is 21.2 Å². The minimum absolute atomic E-state index is 0.271. The van der Waals surface area contributed by atoms with Crippen LogP contribution in [0.4, 0.5) is 0 Å². The average Bonchev–Trinajstić information content (AvgIpc) is 2.82. The van der Waals surface area contributed by atoms with Gasteiger partial charge < -0.3 is 15.0 Å². The van der Waals surface area contributed by atoms with Crippen molar-refractivity contribution in [2.24, 2.45) is 0 Å². The molecule has 5 heteroatoms. The molecule has 1 aromatic heterocycles. The highest BCUT2D eigenvalue weighted by atomic mass is 79.9. The fourth-order valence-electron chi connectivity index (χ4n) is 1.52. The number of hydrogen-bond acceptors (Lipinski definition) is 3. The summed E-state index contributed by atoms with van der Waals surface area (Å²) in [6.07, 6.45) is 5.52. The van der Waals surface area contributed by atoms with Crippen molar-refractivity contribution in [2.45, 2.75) is 13.1 Å². The van der Waals surface area contributed by atoms with E-state index in [1.807, 2.05) is 22.9 Å². The zero-order valence-electron chi connectivity index (χ0n) is 9.31. The Balaban J connectivity index is 1.76. The zero-order chi connectivity index (χ0) is 12.1. The number of imidazole rings is 1. The first-order valence-corrected chi connectivity index (χ1v) is 6.19. The molecule has 0 aliphatic rings. The summed E-state index contributed by atoms with van der Waals surface area (Å²) >= 11 is 3.30. The lowest BCUT2D eigenvalue weighted by Gasteiger charge is -2.06. The summed E-state index contributed by atoms with van der Waals surface area (Å²) in [4.78, 5) is 3.98. The van der Waals surface area contributed by atoms with Crippen LogP contribution in [0.1, 0.15) is 5.56 Å². The molecule has 0 spiro atoms. The van der Waals surface area contributed by atoms with E-state index >= 15 is 0 Å². The molecule has 17 heavy (non-hydrogen) atoms. The number of aromatic nitrogens is 2. The van der Waals surface area contributed by atoms with Crippen molar-refractivity contribution >= 4 is 15.9 Å². The fraction of sp³-hybridized carbons (Fsp3) is 0.250. The Bertz CT molecular complexity index is 471. The number of hydrogen-bond donors (Lipinski definition) is 2. The summed E-state index contributed by atoms with van der Waals surface area (Å²) in [7, 11) is 0. The summed E-state index contributed by atoms with van der Waals surface area (Å²) in [6, 6.07) is 5.51. The first-order valence-electron chi connectivity index (χ1n) is 5.39. The Kier molecular flexibility index (Phi) is 4.17. The summed E-state index contributed by atoms with van der Waals surface area (Å²) < 4.78 is 2.76. The van der Waals surface area contributed by atoms with E-state index < -0.39 is 0 Å². The molecule has 2 N–H and O–H groups in total. The predicted octanol–water partition coefficient (Wildman–Crippen LogP) is 2.14. The minimum atomic E-state index is 0.271. The van der Waals surface area contributed by atoms with E-state index in [0.29, 0.717) is 0 Å². The number of phenolic OH excluding ortho intramolecular Hbond substituents is 1. The highest BCUT2D eigenvalue weighted by molar-refractivity contribution is 9.10. The van der Waals surface area contributed by atoms with E-state index in [1.54, 1.807) is 18.6 Å². The van der Waals surface area contributed by atoms with E-state index in [1.165, 1.54) is 0 Å². The van der Waals surface area contributed by atoms with Crippen LogP contribution in [0.15, 0.2) is 41.4 Å². The lowest BCUT2D eigenvalue weighted by atomic mass is 10.2. The molecule has 1 aromatic carbocycles. The van der Waals surface area contributed by atoms with Crippen molar-refractivity contribution in [1.82, 2.24) is 14.9 Å². The first kappa shape index (κ1) is 12.1. The molecule has 2 aromatic rings. The summed E-state index contributed by atoms with van der Waals surface area (Å²) in [6.45, 7) is 2.57. The van der Waals surface area contributed by atoms with Gasteiger partial charge in [0.1, 0.15) is 5.75 Å². The Morgan fingerprint density at radius 2 is 2.29 bits per heavy atom. The number of rotatable bonds is 5. The third-order valence-corrected chi connectivity index (χ3v) is 3.08. The molecule has 1 heterocycles. The van der Waals surface area contributed by atoms with Gasteiger partial charge >= 0.3 is 0 Å². The Morgan fingerprint density at radius 1 is 1.41 bits per heavy atom. The van der Waals surface area contributed by atoms with Gasteiger partial charge in [0.05, 0.1) is 10.8 Å². The van der Waals surface area contributed by atoms with Gasteiger partial charge in [0.15, 0.2) is 0 Å². The molecule has 0 aliphatic heterocycles. The quantitative estimate of drug-likeness (QED) is 0.831. The van der Waals surface area contributed by atoms with Gasteiger partial charge in [-0.25, -0.2) is 4.98 Å². The largest absolute Gasteiger partial charge is 0.507 e. The average molecular weight is 296 g/mol. The number of nitrogens with zero attached hydrogens (tertiary/aromatic N) is 2. The van der Waals surface area contributed by atoms with E-state index in [4.69, 9.17) is 0 Å². The maximum atomic E-state index is 9.36. The molecule has 0 amide bonds. The maximum absolute atomic E-state index is 9.36. The van der Waals surface area contributed by atoms with Gasteiger partial charge in [-0.1, -0.05) is 6.07 Å². The van der Waals surface area contributed by atoms with Crippen LogP contribution in [-0.2, 0) is 13.1 Å². The lowest BCUT2D eigenvalue weighted by molar-refractivity contribution is 0.471. The van der Waals surface area contributed by atoms with Crippen LogP contribution in [0, 0.1) is 0 Å². The highest BCUT2D eigenvalue weighted by Crippen LogP contribution is 2.23. The molecule has 0 saturated heterocycles. The van der Waals surface area contributed by atoms with E-state index in [-0.39, 0.29) is 5.75 Å². The second kappa shape index (κ2) is 5.84. The smallest absolute Gasteiger partial charge is 0.129 e. The van der Waals surface area contributed by atoms with Crippen molar-refractivity contribution in [1.29, 1.82) is 0 Å². The molecule has 0 saturated carbocycles. The van der Waals surface area contributed by atoms with Gasteiger partial charge in [0, 0.05) is 32.0 Å². The SMILES string of the molecule is Oc1ccc(CNCCn2ccnc2)cc1Br. The van der Waals surface area contributed by atoms with Crippen LogP contribution >= 0.6 is 15.9 Å². The molecule has 0 fully saturated rings. The Hall–Kier alpha value is -1.33. The van der Waals surface area contributed by atoms with Gasteiger partial charge in [-0.3, -0.25) is 0 Å². The number of benzene rings is 1. The van der Waals surface area contributed by atoms with Gasteiger partial charge in [-0.15, -0.1) is 0 Å². The standard InChI is InChI=1S/C12H14BrN3O/c13-11-7-10(1-2-12(11)17)8-14-3-5-16-6-4-15-9-16/h1-2,4,6-7,9,14,17H,3,5,8H2. The summed E-state index contributed by atoms with van der Waals surface area (Å²) in [5, 5.41) is 12.7. The van der Waals surface area contributed by atoms with E-state index in [0.717, 1.165) is 29.7 Å². The van der Waals surface area contributed by atoms with Crippen molar-refractivity contribution in [2.75, 3.05) is 6.54 Å². The molecule has 2 rings (SSSR count). The molecule has 4 nitrogen and oxygen atoms in total. The van der Waals surface area contributed by atoms with E-state index in [2.05, 4.69) is 26.2 Å². The third-order valence-electron chi connectivity index (χ3n) is 2.45. The first-order chi connectivity index (χ1) is 8.25. The molecule has 0 radical (unpaired) electrons. The normalized spacial score (nSPS) is 10.6. The lowest BCUT2D eigenvalue weighted by Crippen LogP contribution is -2.18. The van der Waals surface area contributed by atoms with Gasteiger partial charge in [-0.2, -0.15) is 0 Å². The second-order valence-electron chi connectivity index (χ2n) is 3.76. The maximum Gasteiger partial charge on any atom is 0.129 e. The zero-order valence-corrected chi connectivity index (χ0v) is 10.9. The minimum Gasteiger partial charge on any atom is -0.507 e. The number of phenols is 1. The van der Waals surface area contributed by atoms with Crippen LogP contribution < -0.4 is 5.32 Å². The third kappa shape index (κ3) is 3.57. The van der Waals surface area contributed by atoms with Crippen molar-refractivity contribution in [3.05, 3.63) is 47.0 Å². The molecule has 0 bridgehead atoms. The van der Waals surface area contributed by atoms with Crippen molar-refractivity contribution < 1.29 is 5.11 Å². The molecule has 0 unspecified atom stereocenters. The predicted molar refractivity (Wildman–Crippen MR) is 69.7 cm³/mol. The molecular weight excluding hydrogens is 282 g/mol. The number of halogens is 1. The second-order valence-corrected chi connectivity index (χ2v) is 4.62. The summed E-state index contributed by atoms with van der Waals surface area (Å²) in [5.41, 5.74) is 1.14. The number of nitrogens with one attached hydrogen (secondary N) is 1. The van der Waals surface area contributed by atoms with Gasteiger partial charge in [0.25, 0.3) is 0 Å². The van der Waals surface area contributed by atoms with Crippen LogP contribution in [0.25, 0.3) is 0 Å². The van der Waals surface area contributed by atoms with Crippen LogP contribution in [0.2, 0.25) is 0 Å². The molecule has 0 aliphatic carbocycles.